The van der Waals surface area contributed by atoms with Gasteiger partial charge in [-0.15, -0.1) is 0 Å². The second-order valence-corrected chi connectivity index (χ2v) is 6.32. The van der Waals surface area contributed by atoms with Crippen molar-refractivity contribution in [3.8, 4) is 17.2 Å². The van der Waals surface area contributed by atoms with E-state index in [1.165, 1.54) is 11.8 Å². The van der Waals surface area contributed by atoms with E-state index in [4.69, 9.17) is 14.2 Å². The third-order valence-corrected chi connectivity index (χ3v) is 4.57. The van der Waals surface area contributed by atoms with E-state index < -0.39 is 0 Å². The summed E-state index contributed by atoms with van der Waals surface area (Å²) in [6, 6.07) is 12.8. The molecule has 0 aromatic heterocycles. The molecule has 1 amide bonds. The van der Waals surface area contributed by atoms with Crippen molar-refractivity contribution in [3.05, 3.63) is 52.9 Å². The SMILES string of the molecule is COc1ccc(N=C2NC(=O)C(=Cc3ccc(OC)c(OC)c3)S2)cc1. The molecule has 2 aromatic carbocycles. The van der Waals surface area contributed by atoms with Gasteiger partial charge in [0.05, 0.1) is 31.9 Å². The van der Waals surface area contributed by atoms with Crippen LogP contribution >= 0.6 is 11.8 Å². The smallest absolute Gasteiger partial charge is 0.264 e. The topological polar surface area (TPSA) is 69.2 Å². The maximum atomic E-state index is 12.2. The molecule has 1 heterocycles. The average molecular weight is 370 g/mol. The van der Waals surface area contributed by atoms with Crippen molar-refractivity contribution in [2.75, 3.05) is 21.3 Å². The first-order valence-electron chi connectivity index (χ1n) is 7.78. The summed E-state index contributed by atoms with van der Waals surface area (Å²) in [5.41, 5.74) is 1.58. The lowest BCUT2D eigenvalue weighted by atomic mass is 10.2. The monoisotopic (exact) mass is 370 g/mol. The number of carbonyl (C=O) groups is 1. The first kappa shape index (κ1) is 17.9. The molecule has 0 aliphatic carbocycles. The molecule has 0 atom stereocenters. The summed E-state index contributed by atoms with van der Waals surface area (Å²) in [5.74, 6) is 1.82. The normalized spacial score (nSPS) is 16.7. The van der Waals surface area contributed by atoms with Gasteiger partial charge in [0.2, 0.25) is 0 Å². The van der Waals surface area contributed by atoms with E-state index >= 15 is 0 Å². The Morgan fingerprint density at radius 2 is 1.69 bits per heavy atom. The summed E-state index contributed by atoms with van der Waals surface area (Å²) in [5, 5.41) is 3.31. The molecular weight excluding hydrogens is 352 g/mol. The Morgan fingerprint density at radius 1 is 0.962 bits per heavy atom. The van der Waals surface area contributed by atoms with E-state index in [2.05, 4.69) is 10.3 Å². The van der Waals surface area contributed by atoms with E-state index in [0.29, 0.717) is 21.6 Å². The van der Waals surface area contributed by atoms with Gasteiger partial charge in [-0.25, -0.2) is 4.99 Å². The minimum atomic E-state index is -0.183. The second kappa shape index (κ2) is 7.97. The van der Waals surface area contributed by atoms with Crippen molar-refractivity contribution in [2.45, 2.75) is 0 Å². The summed E-state index contributed by atoms with van der Waals surface area (Å²) in [6.45, 7) is 0. The minimum absolute atomic E-state index is 0.183. The molecule has 2 aromatic rings. The third kappa shape index (κ3) is 4.00. The lowest BCUT2D eigenvalue weighted by Crippen LogP contribution is -2.19. The van der Waals surface area contributed by atoms with Crippen LogP contribution in [0.5, 0.6) is 17.2 Å². The largest absolute Gasteiger partial charge is 0.497 e. The van der Waals surface area contributed by atoms with Crippen LogP contribution in [-0.4, -0.2) is 32.4 Å². The van der Waals surface area contributed by atoms with Crippen LogP contribution in [0.15, 0.2) is 52.4 Å². The number of hydrogen-bond donors (Lipinski definition) is 1. The zero-order valence-electron chi connectivity index (χ0n) is 14.6. The standard InChI is InChI=1S/C19H18N2O4S/c1-23-14-7-5-13(6-8-14)20-19-21-18(22)17(26-19)11-12-4-9-15(24-2)16(10-12)25-3/h4-11H,1-3H3,(H,20,21,22). The number of carbonyl (C=O) groups excluding carboxylic acids is 1. The summed E-state index contributed by atoms with van der Waals surface area (Å²) in [7, 11) is 4.77. The molecule has 7 heteroatoms. The lowest BCUT2D eigenvalue weighted by Gasteiger charge is -2.07. The fourth-order valence-electron chi connectivity index (χ4n) is 2.35. The summed E-state index contributed by atoms with van der Waals surface area (Å²) >= 11 is 1.29. The van der Waals surface area contributed by atoms with Gasteiger partial charge in [0.25, 0.3) is 5.91 Å². The Kier molecular flexibility index (Phi) is 5.48. The number of hydrogen-bond acceptors (Lipinski definition) is 6. The number of benzene rings is 2. The van der Waals surface area contributed by atoms with E-state index in [1.807, 2.05) is 36.4 Å². The number of amidine groups is 1. The molecule has 1 saturated heterocycles. The number of rotatable bonds is 5. The van der Waals surface area contributed by atoms with E-state index in [9.17, 15) is 4.79 Å². The fraction of sp³-hybridized carbons (Fsp3) is 0.158. The van der Waals surface area contributed by atoms with Crippen molar-refractivity contribution >= 4 is 34.6 Å². The van der Waals surface area contributed by atoms with Crippen molar-refractivity contribution in [1.82, 2.24) is 5.32 Å². The molecule has 0 unspecified atom stereocenters. The molecule has 0 spiro atoms. The number of ether oxygens (including phenoxy) is 3. The van der Waals surface area contributed by atoms with Crippen LogP contribution in [0.4, 0.5) is 5.69 Å². The van der Waals surface area contributed by atoms with Crippen molar-refractivity contribution in [3.63, 3.8) is 0 Å². The number of methoxy groups -OCH3 is 3. The molecule has 1 fully saturated rings. The molecule has 1 N–H and O–H groups in total. The maximum Gasteiger partial charge on any atom is 0.264 e. The molecule has 0 bridgehead atoms. The first-order chi connectivity index (χ1) is 12.6. The Hall–Kier alpha value is -2.93. The quantitative estimate of drug-likeness (QED) is 0.815. The van der Waals surface area contributed by atoms with Crippen LogP contribution in [0.2, 0.25) is 0 Å². The predicted molar refractivity (Wildman–Crippen MR) is 103 cm³/mol. The summed E-state index contributed by atoms with van der Waals surface area (Å²) in [4.78, 5) is 17.2. The molecule has 0 saturated carbocycles. The van der Waals surface area contributed by atoms with Crippen molar-refractivity contribution in [2.24, 2.45) is 4.99 Å². The zero-order chi connectivity index (χ0) is 18.5. The number of nitrogens with zero attached hydrogens (tertiary/aromatic N) is 1. The Morgan fingerprint density at radius 3 is 2.35 bits per heavy atom. The van der Waals surface area contributed by atoms with Crippen LogP contribution in [0, 0.1) is 0 Å². The molecule has 1 aliphatic heterocycles. The molecule has 26 heavy (non-hydrogen) atoms. The first-order valence-corrected chi connectivity index (χ1v) is 8.60. The molecule has 1 aliphatic rings. The highest BCUT2D eigenvalue weighted by Gasteiger charge is 2.24. The Bertz CT molecular complexity index is 876. The van der Waals surface area contributed by atoms with Crippen molar-refractivity contribution < 1.29 is 19.0 Å². The average Bonchev–Trinajstić information content (AvgIpc) is 3.01. The van der Waals surface area contributed by atoms with E-state index in [0.717, 1.165) is 17.0 Å². The number of aliphatic imine (C=N–C) groups is 1. The van der Waals surface area contributed by atoms with Crippen LogP contribution in [0.3, 0.4) is 0 Å². The van der Waals surface area contributed by atoms with Gasteiger partial charge in [-0.2, -0.15) is 0 Å². The predicted octanol–water partition coefficient (Wildman–Crippen LogP) is 3.60. The number of amides is 1. The van der Waals surface area contributed by atoms with E-state index in [-0.39, 0.29) is 5.91 Å². The van der Waals surface area contributed by atoms with Gasteiger partial charge in [-0.05, 0) is 59.8 Å². The van der Waals surface area contributed by atoms with Crippen molar-refractivity contribution in [1.29, 1.82) is 0 Å². The highest BCUT2D eigenvalue weighted by molar-refractivity contribution is 8.18. The molecule has 3 rings (SSSR count). The van der Waals surface area contributed by atoms with E-state index in [1.54, 1.807) is 33.5 Å². The minimum Gasteiger partial charge on any atom is -0.497 e. The maximum absolute atomic E-state index is 12.2. The van der Waals surface area contributed by atoms with Crippen LogP contribution < -0.4 is 19.5 Å². The highest BCUT2D eigenvalue weighted by Crippen LogP contribution is 2.32. The Balaban J connectivity index is 1.80. The van der Waals surface area contributed by atoms with Gasteiger partial charge in [0, 0.05) is 0 Å². The molecule has 6 nitrogen and oxygen atoms in total. The molecule has 0 radical (unpaired) electrons. The van der Waals surface area contributed by atoms with Gasteiger partial charge in [-0.3, -0.25) is 4.79 Å². The molecular formula is C19H18N2O4S. The van der Waals surface area contributed by atoms with Gasteiger partial charge in [0.1, 0.15) is 5.75 Å². The Labute approximate surface area is 155 Å². The van der Waals surface area contributed by atoms with Gasteiger partial charge in [-0.1, -0.05) is 6.07 Å². The van der Waals surface area contributed by atoms with Crippen LogP contribution in [0.25, 0.3) is 6.08 Å². The van der Waals surface area contributed by atoms with Gasteiger partial charge in [0.15, 0.2) is 16.7 Å². The number of thioether (sulfide) groups is 1. The summed E-state index contributed by atoms with van der Waals surface area (Å²) in [6.07, 6.45) is 1.79. The fourth-order valence-corrected chi connectivity index (χ4v) is 3.19. The highest BCUT2D eigenvalue weighted by atomic mass is 32.2. The van der Waals surface area contributed by atoms with Crippen LogP contribution in [-0.2, 0) is 4.79 Å². The summed E-state index contributed by atoms with van der Waals surface area (Å²) < 4.78 is 15.6. The van der Waals surface area contributed by atoms with Crippen LogP contribution in [0.1, 0.15) is 5.56 Å². The lowest BCUT2D eigenvalue weighted by molar-refractivity contribution is -0.115. The molecule has 134 valence electrons. The third-order valence-electron chi connectivity index (χ3n) is 3.66. The second-order valence-electron chi connectivity index (χ2n) is 5.29. The zero-order valence-corrected chi connectivity index (χ0v) is 15.4. The van der Waals surface area contributed by atoms with Gasteiger partial charge < -0.3 is 19.5 Å². The van der Waals surface area contributed by atoms with Gasteiger partial charge >= 0.3 is 0 Å². The number of nitrogens with one attached hydrogen (secondary N) is 1.